The second-order valence-corrected chi connectivity index (χ2v) is 4.04. The van der Waals surface area contributed by atoms with Gasteiger partial charge in [0.15, 0.2) is 6.10 Å². The van der Waals surface area contributed by atoms with Crippen LogP contribution in [0.15, 0.2) is 18.2 Å². The molecule has 6 heteroatoms. The predicted molar refractivity (Wildman–Crippen MR) is 62.0 cm³/mol. The minimum Gasteiger partial charge on any atom is -0.479 e. The summed E-state index contributed by atoms with van der Waals surface area (Å²) >= 11 is 0. The monoisotopic (exact) mass is 255 g/mol. The molecule has 1 unspecified atom stereocenters. The Labute approximate surface area is 103 Å². The largest absolute Gasteiger partial charge is 0.479 e. The molecule has 1 fully saturated rings. The fourth-order valence-corrected chi connectivity index (χ4v) is 1.96. The van der Waals surface area contributed by atoms with Gasteiger partial charge in [-0.2, -0.15) is 0 Å². The van der Waals surface area contributed by atoms with E-state index in [0.29, 0.717) is 32.0 Å². The number of carboxylic acids is 1. The highest BCUT2D eigenvalue weighted by molar-refractivity contribution is 5.77. The van der Waals surface area contributed by atoms with E-state index in [4.69, 9.17) is 9.84 Å². The molecule has 0 saturated carbocycles. The molecule has 5 nitrogen and oxygen atoms in total. The standard InChI is InChI=1S/C12H14FNO4/c13-8-1-2-9(11(15)12(16)17)10(7-8)14-3-5-18-6-4-14/h1-2,7,11,15H,3-6H2,(H,16,17). The molecule has 0 bridgehead atoms. The van der Waals surface area contributed by atoms with Crippen LogP contribution in [0.2, 0.25) is 0 Å². The molecular formula is C12H14FNO4. The molecule has 0 spiro atoms. The van der Waals surface area contributed by atoms with Crippen LogP contribution in [0, 0.1) is 5.82 Å². The molecule has 1 heterocycles. The van der Waals surface area contributed by atoms with Crippen molar-refractivity contribution in [2.75, 3.05) is 31.2 Å². The van der Waals surface area contributed by atoms with Gasteiger partial charge in [-0.05, 0) is 12.1 Å². The third kappa shape index (κ3) is 2.60. The summed E-state index contributed by atoms with van der Waals surface area (Å²) in [7, 11) is 0. The zero-order chi connectivity index (χ0) is 13.1. The van der Waals surface area contributed by atoms with E-state index in [-0.39, 0.29) is 5.56 Å². The second-order valence-electron chi connectivity index (χ2n) is 4.04. The SMILES string of the molecule is O=C(O)C(O)c1ccc(F)cc1N1CCOCC1. The van der Waals surface area contributed by atoms with Gasteiger partial charge in [0.2, 0.25) is 0 Å². The number of benzene rings is 1. The third-order valence-corrected chi connectivity index (χ3v) is 2.87. The number of carbonyl (C=O) groups is 1. The molecule has 1 aromatic rings. The Balaban J connectivity index is 2.36. The van der Waals surface area contributed by atoms with E-state index in [0.717, 1.165) is 6.07 Å². The molecule has 1 aliphatic heterocycles. The maximum absolute atomic E-state index is 13.3. The molecule has 2 N–H and O–H groups in total. The van der Waals surface area contributed by atoms with Gasteiger partial charge in [0.25, 0.3) is 0 Å². The summed E-state index contributed by atoms with van der Waals surface area (Å²) < 4.78 is 18.5. The van der Waals surface area contributed by atoms with Gasteiger partial charge in [-0.1, -0.05) is 6.07 Å². The van der Waals surface area contributed by atoms with E-state index in [9.17, 15) is 14.3 Å². The number of ether oxygens (including phenoxy) is 1. The summed E-state index contributed by atoms with van der Waals surface area (Å²) in [5.41, 5.74) is 0.610. The average molecular weight is 255 g/mol. The van der Waals surface area contributed by atoms with Gasteiger partial charge in [0.05, 0.1) is 13.2 Å². The molecular weight excluding hydrogens is 241 g/mol. The van der Waals surface area contributed by atoms with E-state index < -0.39 is 17.9 Å². The average Bonchev–Trinajstić information content (AvgIpc) is 2.39. The molecule has 1 atom stereocenters. The Morgan fingerprint density at radius 3 is 2.67 bits per heavy atom. The minimum absolute atomic E-state index is 0.200. The minimum atomic E-state index is -1.65. The summed E-state index contributed by atoms with van der Waals surface area (Å²) in [6.07, 6.45) is -1.65. The van der Waals surface area contributed by atoms with Crippen LogP contribution in [-0.2, 0) is 9.53 Å². The lowest BCUT2D eigenvalue weighted by Crippen LogP contribution is -2.37. The van der Waals surface area contributed by atoms with Gasteiger partial charge in [-0.3, -0.25) is 0 Å². The van der Waals surface area contributed by atoms with Crippen molar-refractivity contribution in [3.63, 3.8) is 0 Å². The first-order valence-electron chi connectivity index (χ1n) is 5.62. The molecule has 1 saturated heterocycles. The van der Waals surface area contributed by atoms with Gasteiger partial charge in [0, 0.05) is 24.3 Å². The first kappa shape index (κ1) is 12.8. The first-order chi connectivity index (χ1) is 8.59. The lowest BCUT2D eigenvalue weighted by atomic mass is 10.1. The zero-order valence-electron chi connectivity index (χ0n) is 9.67. The molecule has 1 aromatic carbocycles. The van der Waals surface area contributed by atoms with Gasteiger partial charge in [-0.15, -0.1) is 0 Å². The Morgan fingerprint density at radius 1 is 1.39 bits per heavy atom. The van der Waals surface area contributed by atoms with Crippen LogP contribution < -0.4 is 4.90 Å². The lowest BCUT2D eigenvalue weighted by Gasteiger charge is -2.31. The van der Waals surface area contributed by atoms with Crippen molar-refractivity contribution in [3.05, 3.63) is 29.6 Å². The van der Waals surface area contributed by atoms with Crippen LogP contribution >= 0.6 is 0 Å². The Morgan fingerprint density at radius 2 is 2.06 bits per heavy atom. The third-order valence-electron chi connectivity index (χ3n) is 2.87. The molecule has 18 heavy (non-hydrogen) atoms. The van der Waals surface area contributed by atoms with E-state index >= 15 is 0 Å². The van der Waals surface area contributed by atoms with Gasteiger partial charge in [0.1, 0.15) is 5.82 Å². The van der Waals surface area contributed by atoms with Crippen molar-refractivity contribution >= 4 is 11.7 Å². The number of aliphatic carboxylic acids is 1. The number of anilines is 1. The predicted octanol–water partition coefficient (Wildman–Crippen LogP) is 0.780. The van der Waals surface area contributed by atoms with Gasteiger partial charge >= 0.3 is 5.97 Å². The van der Waals surface area contributed by atoms with Crippen LogP contribution in [0.3, 0.4) is 0 Å². The van der Waals surface area contributed by atoms with Crippen LogP contribution in [0.25, 0.3) is 0 Å². The summed E-state index contributed by atoms with van der Waals surface area (Å²) in [4.78, 5) is 12.6. The van der Waals surface area contributed by atoms with E-state index in [1.165, 1.54) is 12.1 Å². The summed E-state index contributed by atoms with van der Waals surface area (Å²) in [6, 6.07) is 3.69. The van der Waals surface area contributed by atoms with Crippen LogP contribution in [-0.4, -0.2) is 42.5 Å². The lowest BCUT2D eigenvalue weighted by molar-refractivity contribution is -0.146. The van der Waals surface area contributed by atoms with Crippen molar-refractivity contribution in [1.29, 1.82) is 0 Å². The number of aliphatic hydroxyl groups excluding tert-OH is 1. The molecule has 0 aliphatic carbocycles. The topological polar surface area (TPSA) is 70.0 Å². The summed E-state index contributed by atoms with van der Waals surface area (Å²) in [6.45, 7) is 2.09. The van der Waals surface area contributed by atoms with Crippen molar-refractivity contribution in [1.82, 2.24) is 0 Å². The molecule has 2 rings (SSSR count). The molecule has 0 radical (unpaired) electrons. The number of morpholine rings is 1. The van der Waals surface area contributed by atoms with E-state index in [1.54, 1.807) is 0 Å². The Hall–Kier alpha value is -1.66. The number of hydrogen-bond acceptors (Lipinski definition) is 4. The smallest absolute Gasteiger partial charge is 0.337 e. The van der Waals surface area contributed by atoms with Crippen LogP contribution in [0.4, 0.5) is 10.1 Å². The number of aliphatic hydroxyl groups is 1. The number of nitrogens with zero attached hydrogens (tertiary/aromatic N) is 1. The van der Waals surface area contributed by atoms with Crippen LogP contribution in [0.1, 0.15) is 11.7 Å². The zero-order valence-corrected chi connectivity index (χ0v) is 9.67. The number of hydrogen-bond donors (Lipinski definition) is 2. The van der Waals surface area contributed by atoms with Crippen molar-refractivity contribution < 1.29 is 24.1 Å². The van der Waals surface area contributed by atoms with Crippen molar-refractivity contribution in [2.45, 2.75) is 6.10 Å². The Kier molecular flexibility index (Phi) is 3.78. The maximum Gasteiger partial charge on any atom is 0.337 e. The fraction of sp³-hybridized carbons (Fsp3) is 0.417. The molecule has 98 valence electrons. The quantitative estimate of drug-likeness (QED) is 0.835. The fourth-order valence-electron chi connectivity index (χ4n) is 1.96. The van der Waals surface area contributed by atoms with E-state index in [2.05, 4.69) is 0 Å². The number of halogens is 1. The van der Waals surface area contributed by atoms with Crippen LogP contribution in [0.5, 0.6) is 0 Å². The molecule has 1 aliphatic rings. The summed E-state index contributed by atoms with van der Waals surface area (Å²) in [5, 5.41) is 18.5. The van der Waals surface area contributed by atoms with Crippen molar-refractivity contribution in [2.24, 2.45) is 0 Å². The number of rotatable bonds is 3. The first-order valence-corrected chi connectivity index (χ1v) is 5.62. The Bertz CT molecular complexity index is 446. The maximum atomic E-state index is 13.3. The molecule has 0 aromatic heterocycles. The highest BCUT2D eigenvalue weighted by Gasteiger charge is 2.23. The second kappa shape index (κ2) is 5.32. The highest BCUT2D eigenvalue weighted by Crippen LogP contribution is 2.28. The number of carboxylic acid groups (broad SMARTS) is 1. The van der Waals surface area contributed by atoms with Crippen molar-refractivity contribution in [3.8, 4) is 0 Å². The van der Waals surface area contributed by atoms with Gasteiger partial charge < -0.3 is 19.8 Å². The normalized spacial score (nSPS) is 17.6. The van der Waals surface area contributed by atoms with Gasteiger partial charge in [-0.25, -0.2) is 9.18 Å². The molecule has 0 amide bonds. The summed E-state index contributed by atoms with van der Waals surface area (Å²) in [5.74, 6) is -1.81. The highest BCUT2D eigenvalue weighted by atomic mass is 19.1. The van der Waals surface area contributed by atoms with E-state index in [1.807, 2.05) is 4.90 Å².